The Bertz CT molecular complexity index is 2510. The van der Waals surface area contributed by atoms with Crippen LogP contribution in [0.1, 0.15) is 0 Å². The highest BCUT2D eigenvalue weighted by atomic mass is 15.1. The summed E-state index contributed by atoms with van der Waals surface area (Å²) in [7, 11) is 0. The summed E-state index contributed by atoms with van der Waals surface area (Å²) in [6.45, 7) is 0. The van der Waals surface area contributed by atoms with Crippen LogP contribution in [-0.2, 0) is 0 Å². The highest BCUT2D eigenvalue weighted by Crippen LogP contribution is 2.46. The molecule has 0 radical (unpaired) electrons. The number of para-hydroxylation sites is 4. The van der Waals surface area contributed by atoms with E-state index in [-0.39, 0.29) is 0 Å². The van der Waals surface area contributed by atoms with E-state index < -0.39 is 0 Å². The Balaban J connectivity index is 1.35. The topological polar surface area (TPSA) is 8.17 Å². The van der Waals surface area contributed by atoms with Gasteiger partial charge in [0.25, 0.3) is 0 Å². The van der Waals surface area contributed by atoms with Crippen LogP contribution in [0.25, 0.3) is 60.5 Å². The third kappa shape index (κ3) is 4.66. The highest BCUT2D eigenvalue weighted by molar-refractivity contribution is 6.12. The zero-order chi connectivity index (χ0) is 31.9. The molecule has 9 aromatic rings. The normalized spacial score (nSPS) is 11.3. The van der Waals surface area contributed by atoms with Crippen molar-refractivity contribution in [1.29, 1.82) is 0 Å². The van der Waals surface area contributed by atoms with E-state index in [9.17, 15) is 0 Å². The highest BCUT2D eigenvalue weighted by Gasteiger charge is 2.23. The van der Waals surface area contributed by atoms with E-state index in [0.717, 1.165) is 22.7 Å². The summed E-state index contributed by atoms with van der Waals surface area (Å²) in [4.78, 5) is 2.40. The van der Waals surface area contributed by atoms with Crippen LogP contribution in [0, 0.1) is 0 Å². The van der Waals surface area contributed by atoms with Crippen molar-refractivity contribution in [2.45, 2.75) is 0 Å². The van der Waals surface area contributed by atoms with E-state index in [4.69, 9.17) is 0 Å². The van der Waals surface area contributed by atoms with Crippen LogP contribution >= 0.6 is 0 Å². The molecule has 2 heteroatoms. The lowest BCUT2D eigenvalue weighted by Gasteiger charge is -2.29. The van der Waals surface area contributed by atoms with Gasteiger partial charge in [-0.25, -0.2) is 0 Å². The quantitative estimate of drug-likeness (QED) is 0.181. The minimum atomic E-state index is 1.11. The molecule has 226 valence electrons. The molecular formula is C46H32N2. The van der Waals surface area contributed by atoms with Crippen LogP contribution < -0.4 is 4.90 Å². The van der Waals surface area contributed by atoms with Gasteiger partial charge in [-0.2, -0.15) is 0 Å². The lowest BCUT2D eigenvalue weighted by molar-refractivity contribution is 1.18. The largest absolute Gasteiger partial charge is 0.310 e. The minimum Gasteiger partial charge on any atom is -0.310 e. The third-order valence-corrected chi connectivity index (χ3v) is 9.37. The average molecular weight is 613 g/mol. The maximum atomic E-state index is 2.45. The average Bonchev–Trinajstić information content (AvgIpc) is 3.50. The molecule has 0 bridgehead atoms. The van der Waals surface area contributed by atoms with Gasteiger partial charge in [-0.05, 0) is 70.4 Å². The summed E-state index contributed by atoms with van der Waals surface area (Å²) in [6.07, 6.45) is 0. The number of anilines is 3. The molecule has 0 saturated carbocycles. The van der Waals surface area contributed by atoms with Crippen LogP contribution in [-0.4, -0.2) is 4.57 Å². The van der Waals surface area contributed by atoms with Gasteiger partial charge in [0.15, 0.2) is 0 Å². The molecule has 0 saturated heterocycles. The maximum Gasteiger partial charge on any atom is 0.0547 e. The zero-order valence-electron chi connectivity index (χ0n) is 26.4. The second-order valence-corrected chi connectivity index (χ2v) is 12.2. The van der Waals surface area contributed by atoms with Gasteiger partial charge >= 0.3 is 0 Å². The number of hydrogen-bond donors (Lipinski definition) is 0. The van der Waals surface area contributed by atoms with Gasteiger partial charge in [-0.3, -0.25) is 0 Å². The molecule has 1 aromatic heterocycles. The molecule has 0 atom stereocenters. The van der Waals surface area contributed by atoms with Crippen molar-refractivity contribution in [2.75, 3.05) is 4.90 Å². The molecule has 0 aliphatic rings. The number of rotatable bonds is 6. The molecule has 0 spiro atoms. The molecule has 48 heavy (non-hydrogen) atoms. The van der Waals surface area contributed by atoms with E-state index in [1.165, 1.54) is 54.8 Å². The van der Waals surface area contributed by atoms with E-state index in [1.54, 1.807) is 0 Å². The molecule has 0 amide bonds. The fraction of sp³-hybridized carbons (Fsp3) is 0. The predicted octanol–water partition coefficient (Wildman–Crippen LogP) is 12.7. The summed E-state index contributed by atoms with van der Waals surface area (Å²) in [5, 5.41) is 4.94. The molecule has 1 heterocycles. The van der Waals surface area contributed by atoms with E-state index in [1.807, 2.05) is 0 Å². The molecule has 0 N–H and O–H groups in total. The lowest BCUT2D eigenvalue weighted by Crippen LogP contribution is -2.12. The minimum absolute atomic E-state index is 1.11. The number of nitrogens with zero attached hydrogens (tertiary/aromatic N) is 2. The van der Waals surface area contributed by atoms with Gasteiger partial charge in [0, 0.05) is 33.3 Å². The van der Waals surface area contributed by atoms with Crippen molar-refractivity contribution in [2.24, 2.45) is 0 Å². The van der Waals surface area contributed by atoms with E-state index in [0.29, 0.717) is 0 Å². The summed E-state index contributed by atoms with van der Waals surface area (Å²) < 4.78 is 2.45. The first kappa shape index (κ1) is 27.9. The first-order valence-corrected chi connectivity index (χ1v) is 16.5. The molecule has 2 nitrogen and oxygen atoms in total. The molecule has 9 rings (SSSR count). The lowest BCUT2D eigenvalue weighted by atomic mass is 9.93. The Morgan fingerprint density at radius 3 is 1.69 bits per heavy atom. The van der Waals surface area contributed by atoms with Crippen molar-refractivity contribution in [3.8, 4) is 27.9 Å². The second kappa shape index (κ2) is 11.8. The van der Waals surface area contributed by atoms with Crippen molar-refractivity contribution in [1.82, 2.24) is 4.57 Å². The third-order valence-electron chi connectivity index (χ3n) is 9.37. The van der Waals surface area contributed by atoms with Gasteiger partial charge in [0.05, 0.1) is 22.4 Å². The van der Waals surface area contributed by atoms with Crippen LogP contribution in [0.15, 0.2) is 194 Å². The Hall–Kier alpha value is -6.38. The van der Waals surface area contributed by atoms with Crippen molar-refractivity contribution >= 4 is 49.6 Å². The SMILES string of the molecule is c1ccc(-c2cccc(N(c3ccccc3)c3ccccc3-c3c(-n4c5ccccc5c5ccccc54)ccc4ccccc34)c2)cc1. The number of fused-ring (bicyclic) bond motifs is 4. The summed E-state index contributed by atoms with van der Waals surface area (Å²) in [5.41, 5.74) is 11.6. The van der Waals surface area contributed by atoms with Crippen molar-refractivity contribution in [3.63, 3.8) is 0 Å². The smallest absolute Gasteiger partial charge is 0.0547 e. The van der Waals surface area contributed by atoms with Gasteiger partial charge in [-0.15, -0.1) is 0 Å². The molecule has 0 aliphatic heterocycles. The fourth-order valence-corrected chi connectivity index (χ4v) is 7.25. The Morgan fingerprint density at radius 1 is 0.375 bits per heavy atom. The predicted molar refractivity (Wildman–Crippen MR) is 204 cm³/mol. The van der Waals surface area contributed by atoms with Crippen molar-refractivity contribution in [3.05, 3.63) is 194 Å². The Kier molecular flexibility index (Phi) is 6.84. The van der Waals surface area contributed by atoms with Gasteiger partial charge in [0.2, 0.25) is 0 Å². The molecule has 0 aliphatic carbocycles. The standard InChI is InChI=1S/C46H32N2/c1-3-16-33(17-4-1)35-19-15-22-37(32-35)47(36-20-5-2-6-21-36)44-29-14-11-26-41(44)46-38-23-8-7-18-34(38)30-31-45(46)48-42-27-12-9-24-39(42)40-25-10-13-28-43(40)48/h1-32H. The second-order valence-electron chi connectivity index (χ2n) is 12.2. The molecule has 0 unspecified atom stereocenters. The van der Waals surface area contributed by atoms with E-state index in [2.05, 4.69) is 204 Å². The molecule has 0 fully saturated rings. The number of hydrogen-bond acceptors (Lipinski definition) is 1. The Morgan fingerprint density at radius 2 is 0.938 bits per heavy atom. The van der Waals surface area contributed by atoms with Gasteiger partial charge in [0.1, 0.15) is 0 Å². The first-order chi connectivity index (χ1) is 23.8. The summed E-state index contributed by atoms with van der Waals surface area (Å²) in [5.74, 6) is 0. The fourth-order valence-electron chi connectivity index (χ4n) is 7.25. The van der Waals surface area contributed by atoms with Crippen molar-refractivity contribution < 1.29 is 0 Å². The number of aromatic nitrogens is 1. The van der Waals surface area contributed by atoms with Crippen LogP contribution in [0.4, 0.5) is 17.1 Å². The van der Waals surface area contributed by atoms with Crippen LogP contribution in [0.3, 0.4) is 0 Å². The number of benzene rings is 8. The van der Waals surface area contributed by atoms with Gasteiger partial charge < -0.3 is 9.47 Å². The van der Waals surface area contributed by atoms with Crippen LogP contribution in [0.5, 0.6) is 0 Å². The monoisotopic (exact) mass is 612 g/mol. The summed E-state index contributed by atoms with van der Waals surface area (Å²) in [6, 6.07) is 69.9. The van der Waals surface area contributed by atoms with E-state index >= 15 is 0 Å². The zero-order valence-corrected chi connectivity index (χ0v) is 26.4. The maximum absolute atomic E-state index is 2.45. The molecule has 8 aromatic carbocycles. The Labute approximate surface area is 280 Å². The van der Waals surface area contributed by atoms with Gasteiger partial charge in [-0.1, -0.05) is 146 Å². The molecular weight excluding hydrogens is 581 g/mol. The first-order valence-electron chi connectivity index (χ1n) is 16.5. The van der Waals surface area contributed by atoms with Crippen LogP contribution in [0.2, 0.25) is 0 Å². The summed E-state index contributed by atoms with van der Waals surface area (Å²) >= 11 is 0.